The molecule has 0 aliphatic heterocycles. The number of rotatable bonds is 1. The molecule has 0 bridgehead atoms. The summed E-state index contributed by atoms with van der Waals surface area (Å²) in [6, 6.07) is 2.48. The number of hydrogen-bond donors (Lipinski definition) is 1. The number of nitrogens with two attached hydrogens (primary N) is 1. The first-order valence-corrected chi connectivity index (χ1v) is 6.11. The zero-order valence-electron chi connectivity index (χ0n) is 7.29. The molecule has 13 heavy (non-hydrogen) atoms. The van der Waals surface area contributed by atoms with Crippen molar-refractivity contribution < 1.29 is 0 Å². The Morgan fingerprint density at radius 2 is 2.46 bits per heavy atom. The number of thiophene rings is 1. The summed E-state index contributed by atoms with van der Waals surface area (Å²) in [4.78, 5) is 1.32. The van der Waals surface area contributed by atoms with Crippen molar-refractivity contribution in [3.63, 3.8) is 0 Å². The van der Waals surface area contributed by atoms with Crippen LogP contribution in [0.5, 0.6) is 0 Å². The van der Waals surface area contributed by atoms with Crippen molar-refractivity contribution in [3.8, 4) is 0 Å². The summed E-state index contributed by atoms with van der Waals surface area (Å²) in [5.74, 6) is 0. The third kappa shape index (κ3) is 2.22. The first-order valence-electron chi connectivity index (χ1n) is 4.44. The van der Waals surface area contributed by atoms with Crippen LogP contribution in [0.15, 0.2) is 21.5 Å². The third-order valence-corrected chi connectivity index (χ3v) is 4.16. The van der Waals surface area contributed by atoms with Gasteiger partial charge in [0.05, 0.1) is 0 Å². The lowest BCUT2D eigenvalue weighted by molar-refractivity contribution is 0.711. The zero-order chi connectivity index (χ0) is 9.26. The van der Waals surface area contributed by atoms with E-state index in [0.717, 1.165) is 12.8 Å². The second-order valence-electron chi connectivity index (χ2n) is 3.44. The van der Waals surface area contributed by atoms with Crippen LogP contribution in [0.1, 0.15) is 24.1 Å². The summed E-state index contributed by atoms with van der Waals surface area (Å²) in [5, 5.41) is 2.10. The van der Waals surface area contributed by atoms with Crippen LogP contribution in [0.2, 0.25) is 0 Å². The van der Waals surface area contributed by atoms with E-state index in [1.807, 2.05) is 0 Å². The van der Waals surface area contributed by atoms with Gasteiger partial charge in [0.2, 0.25) is 0 Å². The monoisotopic (exact) mass is 257 g/mol. The molecular weight excluding hydrogens is 246 g/mol. The molecule has 1 atom stereocenters. The maximum absolute atomic E-state index is 5.84. The van der Waals surface area contributed by atoms with Crippen molar-refractivity contribution >= 4 is 33.3 Å². The molecule has 0 amide bonds. The van der Waals surface area contributed by atoms with Crippen LogP contribution in [0.3, 0.4) is 0 Å². The van der Waals surface area contributed by atoms with Crippen molar-refractivity contribution in [1.82, 2.24) is 0 Å². The van der Waals surface area contributed by atoms with E-state index in [-0.39, 0.29) is 0 Å². The zero-order valence-corrected chi connectivity index (χ0v) is 9.70. The maximum Gasteiger partial charge on any atom is 0.0412 e. The Hall–Kier alpha value is -0.120. The van der Waals surface area contributed by atoms with Gasteiger partial charge >= 0.3 is 0 Å². The fourth-order valence-corrected chi connectivity index (χ4v) is 3.10. The molecular formula is C10H12BrNS. The summed E-state index contributed by atoms with van der Waals surface area (Å²) in [5.41, 5.74) is 7.34. The molecule has 0 aromatic carbocycles. The first kappa shape index (κ1) is 9.44. The predicted molar refractivity (Wildman–Crippen MR) is 61.8 cm³/mol. The van der Waals surface area contributed by atoms with Crippen LogP contribution in [0, 0.1) is 0 Å². The lowest BCUT2D eigenvalue weighted by atomic mass is 10.2. The quantitative estimate of drug-likeness (QED) is 0.820. The fraction of sp³-hybridized carbons (Fsp3) is 0.400. The topological polar surface area (TPSA) is 26.0 Å². The summed E-state index contributed by atoms with van der Waals surface area (Å²) in [6.45, 7) is 0. The van der Waals surface area contributed by atoms with Crippen molar-refractivity contribution in [2.45, 2.75) is 25.3 Å². The van der Waals surface area contributed by atoms with Gasteiger partial charge in [0, 0.05) is 15.4 Å². The van der Waals surface area contributed by atoms with Crippen LogP contribution in [0.4, 0.5) is 0 Å². The highest BCUT2D eigenvalue weighted by Gasteiger charge is 2.15. The molecule has 2 N–H and O–H groups in total. The van der Waals surface area contributed by atoms with Crippen molar-refractivity contribution in [3.05, 3.63) is 26.4 Å². The molecule has 70 valence electrons. The second-order valence-corrected chi connectivity index (χ2v) is 5.24. The van der Waals surface area contributed by atoms with E-state index < -0.39 is 0 Å². The van der Waals surface area contributed by atoms with E-state index in [0.29, 0.717) is 6.04 Å². The predicted octanol–water partition coefficient (Wildman–Crippen LogP) is 3.41. The summed E-state index contributed by atoms with van der Waals surface area (Å²) in [6.07, 6.45) is 5.67. The highest BCUT2D eigenvalue weighted by Crippen LogP contribution is 2.30. The van der Waals surface area contributed by atoms with E-state index in [1.165, 1.54) is 21.3 Å². The van der Waals surface area contributed by atoms with Crippen LogP contribution in [-0.2, 0) is 0 Å². The average molecular weight is 258 g/mol. The molecule has 0 radical (unpaired) electrons. The third-order valence-electron chi connectivity index (χ3n) is 2.34. The van der Waals surface area contributed by atoms with E-state index in [4.69, 9.17) is 5.73 Å². The highest BCUT2D eigenvalue weighted by molar-refractivity contribution is 9.10. The van der Waals surface area contributed by atoms with Crippen LogP contribution in [0.25, 0.3) is 6.08 Å². The lowest BCUT2D eigenvalue weighted by Crippen LogP contribution is -2.13. The minimum absolute atomic E-state index is 0.394. The normalized spacial score (nSPS) is 25.7. The summed E-state index contributed by atoms with van der Waals surface area (Å²) in [7, 11) is 0. The van der Waals surface area contributed by atoms with Gasteiger partial charge in [-0.2, -0.15) is 0 Å². The van der Waals surface area contributed by atoms with Crippen LogP contribution in [-0.4, -0.2) is 6.04 Å². The molecule has 1 unspecified atom stereocenters. The average Bonchev–Trinajstić information content (AvgIpc) is 2.64. The minimum atomic E-state index is 0.394. The van der Waals surface area contributed by atoms with Gasteiger partial charge in [0.1, 0.15) is 0 Å². The molecule has 1 fully saturated rings. The maximum atomic E-state index is 5.84. The Labute approximate surface area is 90.8 Å². The van der Waals surface area contributed by atoms with Crippen molar-refractivity contribution in [2.75, 3.05) is 0 Å². The molecule has 1 heterocycles. The van der Waals surface area contributed by atoms with Gasteiger partial charge in [0.15, 0.2) is 0 Å². The Balaban J connectivity index is 2.17. The van der Waals surface area contributed by atoms with E-state index in [1.54, 1.807) is 11.3 Å². The Bertz CT molecular complexity index is 329. The van der Waals surface area contributed by atoms with Gasteiger partial charge in [-0.05, 0) is 52.7 Å². The van der Waals surface area contributed by atoms with Gasteiger partial charge in [0.25, 0.3) is 0 Å². The Kier molecular flexibility index (Phi) is 2.86. The second kappa shape index (κ2) is 3.95. The molecule has 1 aromatic heterocycles. The molecule has 1 aromatic rings. The molecule has 2 rings (SSSR count). The molecule has 1 nitrogen and oxygen atoms in total. The van der Waals surface area contributed by atoms with Crippen molar-refractivity contribution in [2.24, 2.45) is 5.73 Å². The van der Waals surface area contributed by atoms with Crippen LogP contribution < -0.4 is 5.73 Å². The van der Waals surface area contributed by atoms with E-state index in [2.05, 4.69) is 33.5 Å². The standard InChI is InChI=1S/C10H12BrNS/c11-9-3-4-13-10(9)6-7-1-2-8(12)5-7/h3-4,6,8H,1-2,5,12H2. The molecule has 0 saturated heterocycles. The molecule has 0 spiro atoms. The van der Waals surface area contributed by atoms with Gasteiger partial charge in [-0.1, -0.05) is 5.57 Å². The molecule has 1 saturated carbocycles. The SMILES string of the molecule is NC1CCC(=Cc2sccc2Br)C1. The molecule has 1 aliphatic rings. The van der Waals surface area contributed by atoms with Gasteiger partial charge in [-0.3, -0.25) is 0 Å². The van der Waals surface area contributed by atoms with E-state index >= 15 is 0 Å². The van der Waals surface area contributed by atoms with Crippen molar-refractivity contribution in [1.29, 1.82) is 0 Å². The first-order chi connectivity index (χ1) is 6.25. The van der Waals surface area contributed by atoms with Crippen LogP contribution >= 0.6 is 27.3 Å². The Morgan fingerprint density at radius 3 is 3.00 bits per heavy atom. The minimum Gasteiger partial charge on any atom is -0.327 e. The highest BCUT2D eigenvalue weighted by atomic mass is 79.9. The fourth-order valence-electron chi connectivity index (χ4n) is 1.64. The smallest absolute Gasteiger partial charge is 0.0412 e. The summed E-state index contributed by atoms with van der Waals surface area (Å²) >= 11 is 5.30. The van der Waals surface area contributed by atoms with Gasteiger partial charge in [-0.15, -0.1) is 11.3 Å². The summed E-state index contributed by atoms with van der Waals surface area (Å²) < 4.78 is 1.20. The van der Waals surface area contributed by atoms with Gasteiger partial charge < -0.3 is 5.73 Å². The Morgan fingerprint density at radius 1 is 1.62 bits per heavy atom. The largest absolute Gasteiger partial charge is 0.327 e. The van der Waals surface area contributed by atoms with Gasteiger partial charge in [-0.25, -0.2) is 0 Å². The molecule has 3 heteroatoms. The lowest BCUT2D eigenvalue weighted by Gasteiger charge is -1.96. The molecule has 1 aliphatic carbocycles. The number of halogens is 1. The number of hydrogen-bond acceptors (Lipinski definition) is 2. The van der Waals surface area contributed by atoms with E-state index in [9.17, 15) is 0 Å².